The summed E-state index contributed by atoms with van der Waals surface area (Å²) in [6, 6.07) is 0. The van der Waals surface area contributed by atoms with Crippen molar-refractivity contribution in [2.75, 3.05) is 64.0 Å². The van der Waals surface area contributed by atoms with Crippen molar-refractivity contribution < 1.29 is 49.1 Å². The molecule has 0 aliphatic rings. The molecule has 0 aliphatic heterocycles. The number of carbonyl (C=O) groups excluding carboxylic acids is 4. The predicted molar refractivity (Wildman–Crippen MR) is 358 cm³/mol. The number of rotatable bonds is 67. The third-order valence-corrected chi connectivity index (χ3v) is 18.3. The van der Waals surface area contributed by atoms with Gasteiger partial charge in [0.25, 0.3) is 0 Å². The van der Waals surface area contributed by atoms with Crippen molar-refractivity contribution in [1.82, 2.24) is 9.80 Å². The number of nitrogens with zero attached hydrogens (tertiary/aromatic N) is 2. The third kappa shape index (κ3) is 61.0. The summed E-state index contributed by atoms with van der Waals surface area (Å²) < 4.78 is 10.5. The molecule has 0 bridgehead atoms. The Morgan fingerprint density at radius 3 is 0.726 bits per heavy atom. The minimum Gasteiger partial charge on any atom is -0.462 e. The number of carbonyl (C=O) groups is 4. The van der Waals surface area contributed by atoms with E-state index in [-0.39, 0.29) is 49.1 Å². The topological polar surface area (TPSA) is 174 Å². The number of hydrogen-bond donors (Lipinski definition) is 4. The minimum atomic E-state index is -0.551. The second kappa shape index (κ2) is 64.7. The van der Waals surface area contributed by atoms with Gasteiger partial charge in [-0.25, -0.2) is 0 Å². The molecule has 0 aromatic heterocycles. The summed E-state index contributed by atoms with van der Waals surface area (Å²) in [6.45, 7) is 11.7. The Bertz CT molecular complexity index is 1280. The molecule has 0 aliphatic carbocycles. The van der Waals surface area contributed by atoms with E-state index >= 15 is 0 Å². The molecule has 84 heavy (non-hydrogen) atoms. The molecule has 4 unspecified atom stereocenters. The van der Waals surface area contributed by atoms with Gasteiger partial charge in [-0.3, -0.25) is 29.0 Å². The van der Waals surface area contributed by atoms with Crippen molar-refractivity contribution in [3.8, 4) is 0 Å². The van der Waals surface area contributed by atoms with Gasteiger partial charge in [-0.2, -0.15) is 0 Å². The van der Waals surface area contributed by atoms with Crippen LogP contribution in [0.1, 0.15) is 336 Å². The molecule has 0 heterocycles. The molecule has 0 saturated carbocycles. The number of hydrogen-bond acceptors (Lipinski definition) is 14. The second-order valence-electron chi connectivity index (χ2n) is 24.9. The van der Waals surface area contributed by atoms with Gasteiger partial charge in [0.2, 0.25) is 0 Å². The van der Waals surface area contributed by atoms with Crippen LogP contribution in [0.4, 0.5) is 0 Å². The number of ether oxygens (including phenoxy) is 2. The van der Waals surface area contributed by atoms with Crippen LogP contribution in [-0.4, -0.2) is 141 Å². The van der Waals surface area contributed by atoms with E-state index in [1.54, 1.807) is 0 Å². The lowest BCUT2D eigenvalue weighted by Gasteiger charge is -2.27. The van der Waals surface area contributed by atoms with Gasteiger partial charge < -0.3 is 29.9 Å². The highest BCUT2D eigenvalue weighted by Crippen LogP contribution is 2.19. The summed E-state index contributed by atoms with van der Waals surface area (Å²) in [7, 11) is 0. The SMILES string of the molecule is CCCCCCCCCCCCC(O)CN(CCSC(=O)CCC(=O)OCCOC(=O)CCC(=O)SCCN(CC(O)CCCCCCCCCCCC)CC(O)CCCCCCCCCCCC)CC(O)CCCCCCCCCCCC. The van der Waals surface area contributed by atoms with Crippen molar-refractivity contribution in [2.45, 2.75) is 360 Å². The minimum absolute atomic E-state index is 0.0174. The van der Waals surface area contributed by atoms with E-state index in [4.69, 9.17) is 9.47 Å². The highest BCUT2D eigenvalue weighted by Gasteiger charge is 2.20. The first kappa shape index (κ1) is 82.7. The highest BCUT2D eigenvalue weighted by molar-refractivity contribution is 8.13. The van der Waals surface area contributed by atoms with Crippen LogP contribution in [0.5, 0.6) is 0 Å². The molecular formula is C70H136N2O10S2. The van der Waals surface area contributed by atoms with E-state index in [2.05, 4.69) is 37.5 Å². The molecule has 0 rings (SSSR count). The van der Waals surface area contributed by atoms with E-state index in [1.807, 2.05) is 0 Å². The van der Waals surface area contributed by atoms with Crippen molar-refractivity contribution in [2.24, 2.45) is 0 Å². The van der Waals surface area contributed by atoms with Gasteiger partial charge in [-0.05, 0) is 25.7 Å². The van der Waals surface area contributed by atoms with Gasteiger partial charge in [-0.1, -0.05) is 308 Å². The van der Waals surface area contributed by atoms with Crippen LogP contribution in [0.3, 0.4) is 0 Å². The Kier molecular flexibility index (Phi) is 63.7. The third-order valence-electron chi connectivity index (χ3n) is 16.5. The number of unbranched alkanes of at least 4 members (excludes halogenated alkanes) is 36. The Hall–Kier alpha value is -1.26. The van der Waals surface area contributed by atoms with E-state index < -0.39 is 36.4 Å². The second-order valence-corrected chi connectivity index (χ2v) is 27.2. The molecule has 0 amide bonds. The van der Waals surface area contributed by atoms with Crippen LogP contribution < -0.4 is 0 Å². The van der Waals surface area contributed by atoms with E-state index in [9.17, 15) is 39.6 Å². The lowest BCUT2D eigenvalue weighted by molar-refractivity contribution is -0.152. The maximum Gasteiger partial charge on any atom is 0.306 e. The van der Waals surface area contributed by atoms with Crippen molar-refractivity contribution in [3.05, 3.63) is 0 Å². The molecule has 4 N–H and O–H groups in total. The lowest BCUT2D eigenvalue weighted by atomic mass is 10.0. The van der Waals surface area contributed by atoms with Crippen molar-refractivity contribution in [3.63, 3.8) is 0 Å². The van der Waals surface area contributed by atoms with Gasteiger partial charge in [0.15, 0.2) is 10.2 Å². The Labute approximate surface area is 526 Å². The van der Waals surface area contributed by atoms with E-state index in [0.717, 1.165) is 101 Å². The largest absolute Gasteiger partial charge is 0.462 e. The first-order valence-corrected chi connectivity index (χ1v) is 37.7. The van der Waals surface area contributed by atoms with Crippen LogP contribution in [0.25, 0.3) is 0 Å². The van der Waals surface area contributed by atoms with Gasteiger partial charge in [0.1, 0.15) is 13.2 Å². The Morgan fingerprint density at radius 1 is 0.310 bits per heavy atom. The Balaban J connectivity index is 4.74. The molecular weight excluding hydrogens is 1090 g/mol. The zero-order valence-corrected chi connectivity index (χ0v) is 56.9. The summed E-state index contributed by atoms with van der Waals surface area (Å²) in [5, 5.41) is 43.8. The molecule has 0 aromatic carbocycles. The molecule has 0 radical (unpaired) electrons. The van der Waals surface area contributed by atoms with Crippen LogP contribution in [0, 0.1) is 0 Å². The first-order valence-electron chi connectivity index (χ1n) is 35.7. The Morgan fingerprint density at radius 2 is 0.512 bits per heavy atom. The number of thioether (sulfide) groups is 2. The quantitative estimate of drug-likeness (QED) is 0.0334. The molecule has 0 aromatic rings. The summed E-state index contributed by atoms with van der Waals surface area (Å²) in [6.07, 6.45) is 50.6. The fourth-order valence-corrected chi connectivity index (χ4v) is 12.8. The molecule has 0 spiro atoms. The molecule has 4 atom stereocenters. The maximum atomic E-state index is 12.8. The van der Waals surface area contributed by atoms with Gasteiger partial charge in [-0.15, -0.1) is 0 Å². The van der Waals surface area contributed by atoms with Crippen molar-refractivity contribution >= 4 is 45.7 Å². The zero-order chi connectivity index (χ0) is 61.6. The van der Waals surface area contributed by atoms with E-state index in [0.29, 0.717) is 50.8 Å². The maximum absolute atomic E-state index is 12.8. The summed E-state index contributed by atoms with van der Waals surface area (Å²) in [4.78, 5) is 54.9. The van der Waals surface area contributed by atoms with Gasteiger partial charge in [0.05, 0.1) is 37.3 Å². The molecule has 0 fully saturated rings. The van der Waals surface area contributed by atoms with Crippen LogP contribution >= 0.6 is 23.5 Å². The van der Waals surface area contributed by atoms with E-state index in [1.165, 1.54) is 205 Å². The average molecular weight is 1230 g/mol. The van der Waals surface area contributed by atoms with Gasteiger partial charge in [0, 0.05) is 63.6 Å². The molecule has 0 saturated heterocycles. The molecule has 498 valence electrons. The molecule has 12 nitrogen and oxygen atoms in total. The van der Waals surface area contributed by atoms with Crippen LogP contribution in [-0.2, 0) is 28.7 Å². The molecule has 14 heteroatoms. The van der Waals surface area contributed by atoms with Crippen LogP contribution in [0.2, 0.25) is 0 Å². The normalized spacial score (nSPS) is 13.2. The fourth-order valence-electron chi connectivity index (χ4n) is 11.1. The monoisotopic (exact) mass is 1230 g/mol. The summed E-state index contributed by atoms with van der Waals surface area (Å²) >= 11 is 2.32. The zero-order valence-electron chi connectivity index (χ0n) is 55.3. The fraction of sp³-hybridized carbons (Fsp3) is 0.943. The standard InChI is InChI=1S/C70H136N2O10S2/c1-5-9-13-17-21-25-29-33-37-41-45-63(73)59-71(60-64(74)46-42-38-34-30-26-22-18-14-10-6-2)53-57-83-69(79)51-49-67(77)81-55-56-82-68(78)50-52-70(80)84-58-54-72(61-65(75)47-43-39-35-31-27-23-19-15-11-7-3)62-66(76)48-44-40-36-32-28-24-20-16-12-8-4/h63-66,73-76H,5-62H2,1-4H3. The number of aliphatic hydroxyl groups excluding tert-OH is 4. The van der Waals surface area contributed by atoms with Gasteiger partial charge >= 0.3 is 11.9 Å². The summed E-state index contributed by atoms with van der Waals surface area (Å²) in [5.41, 5.74) is 0. The first-order chi connectivity index (χ1) is 40.9. The average Bonchev–Trinajstić information content (AvgIpc) is 3.51. The lowest BCUT2D eigenvalue weighted by Crippen LogP contribution is -2.39. The van der Waals surface area contributed by atoms with Crippen LogP contribution in [0.15, 0.2) is 0 Å². The number of esters is 2. The predicted octanol–water partition coefficient (Wildman–Crippen LogP) is 17.4. The summed E-state index contributed by atoms with van der Waals surface area (Å²) in [5.74, 6) is -0.117. The smallest absolute Gasteiger partial charge is 0.306 e. The number of aliphatic hydroxyl groups is 4. The van der Waals surface area contributed by atoms with Crippen molar-refractivity contribution in [1.29, 1.82) is 0 Å². The highest BCUT2D eigenvalue weighted by atomic mass is 32.2.